The molecule has 0 aliphatic heterocycles. The molecule has 0 fully saturated rings. The van der Waals surface area contributed by atoms with Gasteiger partial charge in [0, 0.05) is 11.9 Å². The Kier molecular flexibility index (Phi) is 6.33. The van der Waals surface area contributed by atoms with Crippen molar-refractivity contribution in [3.63, 3.8) is 0 Å². The number of anilines is 2. The van der Waals surface area contributed by atoms with Crippen molar-refractivity contribution in [2.45, 2.75) is 19.6 Å². The van der Waals surface area contributed by atoms with Crippen LogP contribution in [0.15, 0.2) is 66.9 Å². The summed E-state index contributed by atoms with van der Waals surface area (Å²) in [6.07, 6.45) is 1.52. The van der Waals surface area contributed by atoms with E-state index < -0.39 is 24.4 Å². The fourth-order valence-corrected chi connectivity index (χ4v) is 2.69. The maximum absolute atomic E-state index is 13.4. The highest BCUT2D eigenvalue weighted by atomic mass is 19.3. The molecule has 1 atom stereocenters. The molecular formula is C21H18F3N3O2. The van der Waals surface area contributed by atoms with Crippen LogP contribution in [0.5, 0.6) is 5.75 Å². The van der Waals surface area contributed by atoms with E-state index in [4.69, 9.17) is 0 Å². The molecule has 0 radical (unpaired) electrons. The minimum absolute atomic E-state index is 0.0381. The molecule has 3 rings (SSSR count). The largest absolute Gasteiger partial charge is 0.435 e. The van der Waals surface area contributed by atoms with Crippen LogP contribution in [0.3, 0.4) is 0 Å². The van der Waals surface area contributed by atoms with E-state index >= 15 is 0 Å². The Labute approximate surface area is 165 Å². The number of ether oxygens (including phenoxy) is 1. The number of pyridine rings is 1. The molecule has 0 spiro atoms. The van der Waals surface area contributed by atoms with Crippen molar-refractivity contribution in [1.82, 2.24) is 10.3 Å². The van der Waals surface area contributed by atoms with Crippen LogP contribution >= 0.6 is 0 Å². The number of rotatable bonds is 7. The van der Waals surface area contributed by atoms with E-state index in [-0.39, 0.29) is 17.1 Å². The second kappa shape index (κ2) is 9.09. The van der Waals surface area contributed by atoms with Crippen LogP contribution in [0.4, 0.5) is 24.7 Å². The highest BCUT2D eigenvalue weighted by molar-refractivity contribution is 5.99. The van der Waals surface area contributed by atoms with Crippen LogP contribution in [0.25, 0.3) is 0 Å². The number of carbonyl (C=O) groups excluding carboxylic acids is 1. The second-order valence-corrected chi connectivity index (χ2v) is 6.18. The van der Waals surface area contributed by atoms with Crippen LogP contribution in [0, 0.1) is 5.82 Å². The second-order valence-electron chi connectivity index (χ2n) is 6.18. The molecule has 3 aromatic rings. The van der Waals surface area contributed by atoms with Crippen LogP contribution in [0.2, 0.25) is 0 Å². The minimum atomic E-state index is -2.90. The highest BCUT2D eigenvalue weighted by Gasteiger charge is 2.16. The minimum Gasteiger partial charge on any atom is -0.435 e. The van der Waals surface area contributed by atoms with Crippen molar-refractivity contribution in [3.8, 4) is 5.75 Å². The third-order valence-electron chi connectivity index (χ3n) is 4.09. The summed E-state index contributed by atoms with van der Waals surface area (Å²) in [7, 11) is 0. The summed E-state index contributed by atoms with van der Waals surface area (Å²) in [4.78, 5) is 16.9. The number of carbonyl (C=O) groups is 1. The van der Waals surface area contributed by atoms with Gasteiger partial charge >= 0.3 is 6.61 Å². The first-order valence-corrected chi connectivity index (χ1v) is 8.75. The van der Waals surface area contributed by atoms with Crippen molar-refractivity contribution in [2.75, 3.05) is 5.32 Å². The number of hydrogen-bond acceptors (Lipinski definition) is 4. The smallest absolute Gasteiger partial charge is 0.387 e. The summed E-state index contributed by atoms with van der Waals surface area (Å²) in [6.45, 7) is -1.13. The summed E-state index contributed by atoms with van der Waals surface area (Å²) < 4.78 is 42.2. The van der Waals surface area contributed by atoms with E-state index in [1.54, 1.807) is 43.3 Å². The lowest BCUT2D eigenvalue weighted by Gasteiger charge is -2.16. The first-order valence-electron chi connectivity index (χ1n) is 8.75. The molecule has 2 N–H and O–H groups in total. The zero-order valence-electron chi connectivity index (χ0n) is 15.4. The third kappa shape index (κ3) is 5.47. The number of halogens is 3. The molecule has 1 unspecified atom stereocenters. The molecule has 0 saturated heterocycles. The standard InChI is InChI=1S/C21H18F3N3O2/c1-13(14-7-9-17(10-8-14)29-21(23)24)26-20(28)18-6-3-11-25-19(18)27-16-5-2-4-15(22)12-16/h2-13,21H,1H3,(H,25,27)(H,26,28). The molecule has 150 valence electrons. The summed E-state index contributed by atoms with van der Waals surface area (Å²) in [5, 5.41) is 5.76. The predicted molar refractivity (Wildman–Crippen MR) is 103 cm³/mol. The molecule has 1 aromatic heterocycles. The van der Waals surface area contributed by atoms with Gasteiger partial charge in [-0.3, -0.25) is 4.79 Å². The van der Waals surface area contributed by atoms with Gasteiger partial charge in [0.15, 0.2) is 0 Å². The van der Waals surface area contributed by atoms with Gasteiger partial charge in [-0.25, -0.2) is 9.37 Å². The van der Waals surface area contributed by atoms with Crippen LogP contribution in [-0.4, -0.2) is 17.5 Å². The molecule has 0 aliphatic rings. The molecule has 8 heteroatoms. The Hall–Kier alpha value is -3.55. The molecule has 0 aliphatic carbocycles. The average molecular weight is 401 g/mol. The van der Waals surface area contributed by atoms with E-state index in [0.717, 1.165) is 0 Å². The molecule has 29 heavy (non-hydrogen) atoms. The molecule has 1 heterocycles. The maximum Gasteiger partial charge on any atom is 0.387 e. The summed E-state index contributed by atoms with van der Waals surface area (Å²) in [6, 6.07) is 14.6. The number of nitrogens with zero attached hydrogens (tertiary/aromatic N) is 1. The molecule has 1 amide bonds. The van der Waals surface area contributed by atoms with Crippen molar-refractivity contribution in [1.29, 1.82) is 0 Å². The third-order valence-corrected chi connectivity index (χ3v) is 4.09. The summed E-state index contributed by atoms with van der Waals surface area (Å²) >= 11 is 0. The first kappa shape index (κ1) is 20.2. The Bertz CT molecular complexity index is 981. The van der Waals surface area contributed by atoms with E-state index in [1.165, 1.54) is 30.5 Å². The normalized spacial score (nSPS) is 11.8. The number of amides is 1. The van der Waals surface area contributed by atoms with Gasteiger partial charge in [0.2, 0.25) is 0 Å². The maximum atomic E-state index is 13.4. The molecule has 5 nitrogen and oxygen atoms in total. The Morgan fingerprint density at radius 1 is 1.07 bits per heavy atom. The quantitative estimate of drug-likeness (QED) is 0.581. The van der Waals surface area contributed by atoms with Crippen LogP contribution in [-0.2, 0) is 0 Å². The van der Waals surface area contributed by atoms with E-state index in [9.17, 15) is 18.0 Å². The van der Waals surface area contributed by atoms with Crippen molar-refractivity contribution < 1.29 is 22.7 Å². The highest BCUT2D eigenvalue weighted by Crippen LogP contribution is 2.22. The van der Waals surface area contributed by atoms with Crippen LogP contribution in [0.1, 0.15) is 28.9 Å². The molecule has 0 bridgehead atoms. The van der Waals surface area contributed by atoms with Crippen molar-refractivity contribution in [2.24, 2.45) is 0 Å². The summed E-state index contributed by atoms with van der Waals surface area (Å²) in [5.41, 5.74) is 1.45. The number of aromatic nitrogens is 1. The Balaban J connectivity index is 1.72. The monoisotopic (exact) mass is 401 g/mol. The van der Waals surface area contributed by atoms with Crippen LogP contribution < -0.4 is 15.4 Å². The average Bonchev–Trinajstić information content (AvgIpc) is 2.68. The van der Waals surface area contributed by atoms with Gasteiger partial charge < -0.3 is 15.4 Å². The summed E-state index contributed by atoms with van der Waals surface area (Å²) in [5.74, 6) is -0.484. The van der Waals surface area contributed by atoms with Gasteiger partial charge in [-0.15, -0.1) is 0 Å². The molecule has 2 aromatic carbocycles. The van der Waals surface area contributed by atoms with Crippen molar-refractivity contribution in [3.05, 3.63) is 83.8 Å². The van der Waals surface area contributed by atoms with E-state index in [1.807, 2.05) is 0 Å². The number of alkyl halides is 2. The Morgan fingerprint density at radius 3 is 2.52 bits per heavy atom. The lowest BCUT2D eigenvalue weighted by molar-refractivity contribution is -0.0498. The van der Waals surface area contributed by atoms with Gasteiger partial charge in [0.1, 0.15) is 17.4 Å². The zero-order chi connectivity index (χ0) is 20.8. The number of hydrogen-bond donors (Lipinski definition) is 2. The number of nitrogens with one attached hydrogen (secondary N) is 2. The van der Waals surface area contributed by atoms with Gasteiger partial charge in [0.05, 0.1) is 11.6 Å². The van der Waals surface area contributed by atoms with Gasteiger partial charge in [-0.05, 0) is 55.0 Å². The topological polar surface area (TPSA) is 63.2 Å². The predicted octanol–water partition coefficient (Wildman–Crippen LogP) is 5.06. The number of benzene rings is 2. The molecule has 0 saturated carbocycles. The molecular weight excluding hydrogens is 383 g/mol. The van der Waals surface area contributed by atoms with Gasteiger partial charge in [-0.1, -0.05) is 18.2 Å². The lowest BCUT2D eigenvalue weighted by Crippen LogP contribution is -2.27. The lowest BCUT2D eigenvalue weighted by atomic mass is 10.1. The van der Waals surface area contributed by atoms with E-state index in [2.05, 4.69) is 20.4 Å². The first-order chi connectivity index (χ1) is 13.9. The van der Waals surface area contributed by atoms with E-state index in [0.29, 0.717) is 11.3 Å². The van der Waals surface area contributed by atoms with Crippen molar-refractivity contribution >= 4 is 17.4 Å². The van der Waals surface area contributed by atoms with Gasteiger partial charge in [-0.2, -0.15) is 8.78 Å². The van der Waals surface area contributed by atoms with Gasteiger partial charge in [0.25, 0.3) is 5.91 Å². The Morgan fingerprint density at radius 2 is 1.83 bits per heavy atom. The zero-order valence-corrected chi connectivity index (χ0v) is 15.4. The SMILES string of the molecule is CC(NC(=O)c1cccnc1Nc1cccc(F)c1)c1ccc(OC(F)F)cc1. The fourth-order valence-electron chi connectivity index (χ4n) is 2.69. The fraction of sp³-hybridized carbons (Fsp3) is 0.143.